The summed E-state index contributed by atoms with van der Waals surface area (Å²) in [5, 5.41) is 0.827. The number of amides is 1. The summed E-state index contributed by atoms with van der Waals surface area (Å²) in [5.41, 5.74) is 4.89. The Bertz CT molecular complexity index is 1310. The Balaban J connectivity index is 1.26. The van der Waals surface area contributed by atoms with Crippen LogP contribution in [-0.4, -0.2) is 59.8 Å². The van der Waals surface area contributed by atoms with Crippen molar-refractivity contribution in [2.75, 3.05) is 43.9 Å². The predicted octanol–water partition coefficient (Wildman–Crippen LogP) is 4.67. The Hall–Kier alpha value is -3.58. The van der Waals surface area contributed by atoms with E-state index >= 15 is 0 Å². The molecule has 6 nitrogen and oxygen atoms in total. The molecule has 3 aromatic carbocycles. The molecule has 4 aromatic rings. The van der Waals surface area contributed by atoms with Gasteiger partial charge in [-0.2, -0.15) is 0 Å². The van der Waals surface area contributed by atoms with Crippen molar-refractivity contribution in [3.8, 4) is 5.75 Å². The number of rotatable bonds is 7. The van der Waals surface area contributed by atoms with Gasteiger partial charge in [0.1, 0.15) is 10.8 Å². The Morgan fingerprint density at radius 3 is 2.26 bits per heavy atom. The molecule has 7 heteroatoms. The second-order valence-electron chi connectivity index (χ2n) is 8.45. The van der Waals surface area contributed by atoms with E-state index in [1.807, 2.05) is 65.6 Å². The molecule has 0 spiro atoms. The molecule has 5 rings (SSSR count). The lowest BCUT2D eigenvalue weighted by molar-refractivity contribution is -0.128. The normalized spacial score (nSPS) is 13.7. The van der Waals surface area contributed by atoms with Gasteiger partial charge in [0.05, 0.1) is 35.3 Å². The number of aromatic nitrogens is 2. The maximum atomic E-state index is 13.1. The zero-order chi connectivity index (χ0) is 24.0. The van der Waals surface area contributed by atoms with Gasteiger partial charge in [-0.05, 0) is 29.8 Å². The van der Waals surface area contributed by atoms with Gasteiger partial charge in [0.15, 0.2) is 0 Å². The van der Waals surface area contributed by atoms with Crippen molar-refractivity contribution in [3.63, 3.8) is 0 Å². The maximum absolute atomic E-state index is 13.1. The van der Waals surface area contributed by atoms with Crippen molar-refractivity contribution in [3.05, 3.63) is 90.1 Å². The third kappa shape index (κ3) is 5.41. The summed E-state index contributed by atoms with van der Waals surface area (Å²) in [6.07, 6.45) is 0.687. The van der Waals surface area contributed by atoms with E-state index in [0.717, 1.165) is 46.3 Å². The van der Waals surface area contributed by atoms with Gasteiger partial charge in [-0.1, -0.05) is 66.4 Å². The van der Waals surface area contributed by atoms with Crippen LogP contribution in [0.2, 0.25) is 0 Å². The number of fused-ring (bicyclic) bond motifs is 1. The number of carbonyl (C=O) groups excluding carboxylic acids is 1. The highest BCUT2D eigenvalue weighted by molar-refractivity contribution is 7.99. The number of benzene rings is 3. The topological polar surface area (TPSA) is 58.6 Å². The molecule has 0 aliphatic carbocycles. The van der Waals surface area contributed by atoms with Crippen LogP contribution in [-0.2, 0) is 11.2 Å². The fourth-order valence-electron chi connectivity index (χ4n) is 4.35. The molecular formula is C28H28N4O2S. The summed E-state index contributed by atoms with van der Waals surface area (Å²) < 4.78 is 5.51. The molecule has 1 amide bonds. The second kappa shape index (κ2) is 10.8. The Kier molecular flexibility index (Phi) is 7.14. The number of methoxy groups -OCH3 is 1. The molecule has 0 saturated carbocycles. The van der Waals surface area contributed by atoms with Gasteiger partial charge in [-0.15, -0.1) is 0 Å². The minimum Gasteiger partial charge on any atom is -0.495 e. The minimum atomic E-state index is 0.135. The summed E-state index contributed by atoms with van der Waals surface area (Å²) in [5.74, 6) is 1.35. The molecule has 2 heterocycles. The number of thioether (sulfide) groups is 1. The highest BCUT2D eigenvalue weighted by Gasteiger charge is 2.23. The number of nitrogens with zero attached hydrogens (tertiary/aromatic N) is 4. The van der Waals surface area contributed by atoms with Crippen LogP contribution in [0.15, 0.2) is 83.9 Å². The fraction of sp³-hybridized carbons (Fsp3) is 0.250. The third-order valence-corrected chi connectivity index (χ3v) is 7.20. The summed E-state index contributed by atoms with van der Waals surface area (Å²) >= 11 is 1.49. The average Bonchev–Trinajstić information content (AvgIpc) is 2.92. The quantitative estimate of drug-likeness (QED) is 0.355. The van der Waals surface area contributed by atoms with Gasteiger partial charge in [0.2, 0.25) is 5.91 Å². The van der Waals surface area contributed by atoms with Gasteiger partial charge < -0.3 is 14.5 Å². The van der Waals surface area contributed by atoms with E-state index in [-0.39, 0.29) is 5.91 Å². The van der Waals surface area contributed by atoms with Crippen molar-refractivity contribution < 1.29 is 9.53 Å². The molecule has 1 aromatic heterocycles. The van der Waals surface area contributed by atoms with Crippen LogP contribution in [0.25, 0.3) is 11.0 Å². The first-order valence-corrected chi connectivity index (χ1v) is 12.8. The van der Waals surface area contributed by atoms with E-state index in [2.05, 4.69) is 23.1 Å². The molecule has 0 atom stereocenters. The third-order valence-electron chi connectivity index (χ3n) is 6.21. The molecule has 1 fully saturated rings. The van der Waals surface area contributed by atoms with Gasteiger partial charge in [0, 0.05) is 32.6 Å². The molecule has 35 heavy (non-hydrogen) atoms. The number of ether oxygens (including phenoxy) is 1. The smallest absolute Gasteiger partial charge is 0.233 e. The number of piperazine rings is 1. The van der Waals surface area contributed by atoms with E-state index in [4.69, 9.17) is 14.7 Å². The number of hydrogen-bond donors (Lipinski definition) is 0. The summed E-state index contributed by atoms with van der Waals surface area (Å²) in [6, 6.07) is 26.2. The zero-order valence-electron chi connectivity index (χ0n) is 19.8. The van der Waals surface area contributed by atoms with E-state index in [1.54, 1.807) is 7.11 Å². The summed E-state index contributed by atoms with van der Waals surface area (Å²) in [4.78, 5) is 27.1. The average molecular weight is 485 g/mol. The number of anilines is 1. The van der Waals surface area contributed by atoms with Gasteiger partial charge >= 0.3 is 0 Å². The molecule has 178 valence electrons. The maximum Gasteiger partial charge on any atom is 0.233 e. The zero-order valence-corrected chi connectivity index (χ0v) is 20.6. The van der Waals surface area contributed by atoms with Crippen LogP contribution in [0, 0.1) is 0 Å². The molecule has 0 bridgehead atoms. The van der Waals surface area contributed by atoms with E-state index in [0.29, 0.717) is 25.3 Å². The monoisotopic (exact) mass is 484 g/mol. The lowest BCUT2D eigenvalue weighted by atomic mass is 10.1. The first kappa shape index (κ1) is 23.2. The highest BCUT2D eigenvalue weighted by Crippen LogP contribution is 2.29. The summed E-state index contributed by atoms with van der Waals surface area (Å²) in [6.45, 7) is 2.95. The van der Waals surface area contributed by atoms with Crippen LogP contribution in [0.5, 0.6) is 5.75 Å². The largest absolute Gasteiger partial charge is 0.495 e. The van der Waals surface area contributed by atoms with Crippen molar-refractivity contribution in [2.45, 2.75) is 11.4 Å². The predicted molar refractivity (Wildman–Crippen MR) is 141 cm³/mol. The molecule has 1 aliphatic rings. The number of carbonyl (C=O) groups is 1. The standard InChI is InChI=1S/C28H28N4O2S/c1-34-26-14-8-7-13-25(26)31-15-17-32(18-16-31)27(33)20-35-28-24(19-21-9-3-2-4-10-21)29-22-11-5-6-12-23(22)30-28/h2-14H,15-20H2,1H3. The molecule has 1 saturated heterocycles. The van der Waals surface area contributed by atoms with Crippen molar-refractivity contribution in [1.82, 2.24) is 14.9 Å². The van der Waals surface area contributed by atoms with Crippen LogP contribution in [0.4, 0.5) is 5.69 Å². The fourth-order valence-corrected chi connectivity index (χ4v) is 5.24. The van der Waals surface area contributed by atoms with Crippen LogP contribution in [0.3, 0.4) is 0 Å². The SMILES string of the molecule is COc1ccccc1N1CCN(C(=O)CSc2nc3ccccc3nc2Cc2ccccc2)CC1. The Morgan fingerprint density at radius 2 is 1.51 bits per heavy atom. The Morgan fingerprint density at radius 1 is 0.857 bits per heavy atom. The van der Waals surface area contributed by atoms with Crippen LogP contribution in [0.1, 0.15) is 11.3 Å². The lowest BCUT2D eigenvalue weighted by Gasteiger charge is -2.36. The number of para-hydroxylation sites is 4. The summed E-state index contributed by atoms with van der Waals surface area (Å²) in [7, 11) is 1.69. The van der Waals surface area contributed by atoms with Gasteiger partial charge in [-0.25, -0.2) is 9.97 Å². The van der Waals surface area contributed by atoms with Crippen LogP contribution >= 0.6 is 11.8 Å². The molecule has 0 unspecified atom stereocenters. The molecule has 1 aliphatic heterocycles. The lowest BCUT2D eigenvalue weighted by Crippen LogP contribution is -2.49. The first-order chi connectivity index (χ1) is 17.2. The van der Waals surface area contributed by atoms with Crippen LogP contribution < -0.4 is 9.64 Å². The van der Waals surface area contributed by atoms with E-state index in [9.17, 15) is 4.79 Å². The first-order valence-electron chi connectivity index (χ1n) is 11.8. The number of hydrogen-bond acceptors (Lipinski definition) is 6. The molecule has 0 N–H and O–H groups in total. The van der Waals surface area contributed by atoms with Gasteiger partial charge in [-0.3, -0.25) is 4.79 Å². The van der Waals surface area contributed by atoms with Crippen molar-refractivity contribution in [2.24, 2.45) is 0 Å². The second-order valence-corrected chi connectivity index (χ2v) is 9.42. The van der Waals surface area contributed by atoms with E-state index in [1.165, 1.54) is 17.3 Å². The molecule has 0 radical (unpaired) electrons. The van der Waals surface area contributed by atoms with Crippen molar-refractivity contribution >= 4 is 34.4 Å². The Labute approximate surface area is 209 Å². The minimum absolute atomic E-state index is 0.135. The molecular weight excluding hydrogens is 456 g/mol. The van der Waals surface area contributed by atoms with Gasteiger partial charge in [0.25, 0.3) is 0 Å². The van der Waals surface area contributed by atoms with Crippen molar-refractivity contribution in [1.29, 1.82) is 0 Å². The highest BCUT2D eigenvalue weighted by atomic mass is 32.2. The van der Waals surface area contributed by atoms with E-state index < -0.39 is 0 Å².